The number of benzene rings is 1. The third-order valence-electron chi connectivity index (χ3n) is 2.38. The SMILES string of the molecule is COC(=O)c1ccc(Oc2ncc(Br)c(C)n2)cc1. The molecule has 0 unspecified atom stereocenters. The minimum atomic E-state index is -0.387. The number of methoxy groups -OCH3 is 1. The van der Waals surface area contributed by atoms with Crippen molar-refractivity contribution >= 4 is 21.9 Å². The van der Waals surface area contributed by atoms with Gasteiger partial charge in [-0.15, -0.1) is 0 Å². The molecule has 5 nitrogen and oxygen atoms in total. The summed E-state index contributed by atoms with van der Waals surface area (Å²) < 4.78 is 10.9. The van der Waals surface area contributed by atoms with E-state index < -0.39 is 0 Å². The van der Waals surface area contributed by atoms with Gasteiger partial charge in [0.1, 0.15) is 5.75 Å². The van der Waals surface area contributed by atoms with Crippen molar-refractivity contribution in [2.45, 2.75) is 6.92 Å². The minimum Gasteiger partial charge on any atom is -0.465 e. The molecule has 19 heavy (non-hydrogen) atoms. The van der Waals surface area contributed by atoms with Gasteiger partial charge < -0.3 is 9.47 Å². The highest BCUT2D eigenvalue weighted by atomic mass is 79.9. The van der Waals surface area contributed by atoms with Gasteiger partial charge in [-0.3, -0.25) is 0 Å². The molecule has 2 aromatic rings. The van der Waals surface area contributed by atoms with E-state index >= 15 is 0 Å². The first-order valence-electron chi connectivity index (χ1n) is 5.45. The number of carbonyl (C=O) groups is 1. The molecule has 1 heterocycles. The molecule has 1 aromatic carbocycles. The third-order valence-corrected chi connectivity index (χ3v) is 3.16. The lowest BCUT2D eigenvalue weighted by molar-refractivity contribution is 0.0600. The molecular formula is C13H11BrN2O3. The van der Waals surface area contributed by atoms with E-state index in [0.717, 1.165) is 10.2 Å². The Kier molecular flexibility index (Phi) is 4.11. The van der Waals surface area contributed by atoms with Crippen molar-refractivity contribution in [2.24, 2.45) is 0 Å². The summed E-state index contributed by atoms with van der Waals surface area (Å²) in [6, 6.07) is 6.81. The largest absolute Gasteiger partial charge is 0.465 e. The number of aromatic nitrogens is 2. The molecular weight excluding hydrogens is 312 g/mol. The molecule has 0 N–H and O–H groups in total. The Balaban J connectivity index is 2.15. The molecule has 0 radical (unpaired) electrons. The van der Waals surface area contributed by atoms with Crippen molar-refractivity contribution in [1.82, 2.24) is 9.97 Å². The average Bonchev–Trinajstić information content (AvgIpc) is 2.43. The first-order chi connectivity index (χ1) is 9.10. The van der Waals surface area contributed by atoms with Gasteiger partial charge in [0.2, 0.25) is 0 Å². The van der Waals surface area contributed by atoms with Crippen LogP contribution in [0.3, 0.4) is 0 Å². The molecule has 6 heteroatoms. The standard InChI is InChI=1S/C13H11BrN2O3/c1-8-11(14)7-15-13(16-8)19-10-5-3-9(4-6-10)12(17)18-2/h3-7H,1-2H3. The van der Waals surface area contributed by atoms with Crippen molar-refractivity contribution in [3.05, 3.63) is 46.2 Å². The van der Waals surface area contributed by atoms with E-state index in [4.69, 9.17) is 4.74 Å². The molecule has 0 spiro atoms. The zero-order valence-electron chi connectivity index (χ0n) is 10.4. The number of halogens is 1. The molecule has 1 aromatic heterocycles. The maximum atomic E-state index is 11.3. The molecule has 0 saturated heterocycles. The Morgan fingerprint density at radius 3 is 2.53 bits per heavy atom. The van der Waals surface area contributed by atoms with Crippen LogP contribution in [0.4, 0.5) is 0 Å². The summed E-state index contributed by atoms with van der Waals surface area (Å²) >= 11 is 3.32. The summed E-state index contributed by atoms with van der Waals surface area (Å²) in [6.45, 7) is 1.85. The van der Waals surface area contributed by atoms with Gasteiger partial charge in [0.15, 0.2) is 0 Å². The molecule has 98 valence electrons. The summed E-state index contributed by atoms with van der Waals surface area (Å²) in [4.78, 5) is 19.5. The summed E-state index contributed by atoms with van der Waals surface area (Å²) in [5, 5.41) is 0. The van der Waals surface area contributed by atoms with Gasteiger partial charge in [-0.25, -0.2) is 9.78 Å². The van der Waals surface area contributed by atoms with Crippen LogP contribution in [0.2, 0.25) is 0 Å². The van der Waals surface area contributed by atoms with Crippen LogP contribution < -0.4 is 4.74 Å². The zero-order chi connectivity index (χ0) is 13.8. The predicted octanol–water partition coefficient (Wildman–Crippen LogP) is 3.13. The smallest absolute Gasteiger partial charge is 0.337 e. The molecule has 0 atom stereocenters. The maximum Gasteiger partial charge on any atom is 0.337 e. The number of carbonyl (C=O) groups excluding carboxylic acids is 1. The lowest BCUT2D eigenvalue weighted by atomic mass is 10.2. The molecule has 0 bridgehead atoms. The van der Waals surface area contributed by atoms with Gasteiger partial charge in [-0.2, -0.15) is 4.98 Å². The van der Waals surface area contributed by atoms with Crippen LogP contribution in [-0.4, -0.2) is 23.0 Å². The second-order valence-electron chi connectivity index (χ2n) is 3.70. The van der Waals surface area contributed by atoms with Crippen LogP contribution in [-0.2, 0) is 4.74 Å². The van der Waals surface area contributed by atoms with Crippen LogP contribution in [0.25, 0.3) is 0 Å². The van der Waals surface area contributed by atoms with Crippen molar-refractivity contribution in [1.29, 1.82) is 0 Å². The highest BCUT2D eigenvalue weighted by molar-refractivity contribution is 9.10. The highest BCUT2D eigenvalue weighted by Gasteiger charge is 2.07. The number of hydrogen-bond acceptors (Lipinski definition) is 5. The monoisotopic (exact) mass is 322 g/mol. The van der Waals surface area contributed by atoms with Crippen molar-refractivity contribution in [3.63, 3.8) is 0 Å². The summed E-state index contributed by atoms with van der Waals surface area (Å²) in [6.07, 6.45) is 1.63. The second-order valence-corrected chi connectivity index (χ2v) is 4.56. The minimum absolute atomic E-state index is 0.256. The maximum absolute atomic E-state index is 11.3. The zero-order valence-corrected chi connectivity index (χ0v) is 12.0. The summed E-state index contributed by atoms with van der Waals surface area (Å²) in [5.41, 5.74) is 1.25. The van der Waals surface area contributed by atoms with E-state index in [9.17, 15) is 4.79 Å². The van der Waals surface area contributed by atoms with Crippen LogP contribution >= 0.6 is 15.9 Å². The number of aryl methyl sites for hydroxylation is 1. The number of rotatable bonds is 3. The van der Waals surface area contributed by atoms with Crippen LogP contribution in [0.5, 0.6) is 11.8 Å². The van der Waals surface area contributed by atoms with E-state index in [1.54, 1.807) is 30.5 Å². The quantitative estimate of drug-likeness (QED) is 0.812. The number of ether oxygens (including phenoxy) is 2. The molecule has 0 aliphatic carbocycles. The molecule has 0 aliphatic rings. The van der Waals surface area contributed by atoms with E-state index in [1.165, 1.54) is 7.11 Å². The molecule has 0 aliphatic heterocycles. The fourth-order valence-corrected chi connectivity index (χ4v) is 1.55. The van der Waals surface area contributed by atoms with Gasteiger partial charge in [0.05, 0.1) is 22.8 Å². The second kappa shape index (κ2) is 5.79. The fourth-order valence-electron chi connectivity index (χ4n) is 1.36. The van der Waals surface area contributed by atoms with Gasteiger partial charge in [-0.1, -0.05) is 0 Å². The molecule has 0 saturated carbocycles. The topological polar surface area (TPSA) is 61.3 Å². The van der Waals surface area contributed by atoms with E-state index in [0.29, 0.717) is 11.3 Å². The Hall–Kier alpha value is -1.95. The van der Waals surface area contributed by atoms with Gasteiger partial charge in [0.25, 0.3) is 0 Å². The van der Waals surface area contributed by atoms with Gasteiger partial charge >= 0.3 is 12.0 Å². The normalized spacial score (nSPS) is 10.1. The lowest BCUT2D eigenvalue weighted by Crippen LogP contribution is -2.00. The fraction of sp³-hybridized carbons (Fsp3) is 0.154. The highest BCUT2D eigenvalue weighted by Crippen LogP contribution is 2.21. The van der Waals surface area contributed by atoms with Gasteiger partial charge in [0, 0.05) is 6.20 Å². The van der Waals surface area contributed by atoms with E-state index in [2.05, 4.69) is 30.6 Å². The third kappa shape index (κ3) is 3.29. The first kappa shape index (κ1) is 13.5. The van der Waals surface area contributed by atoms with Crippen LogP contribution in [0.15, 0.2) is 34.9 Å². The van der Waals surface area contributed by atoms with Crippen molar-refractivity contribution < 1.29 is 14.3 Å². The van der Waals surface area contributed by atoms with E-state index in [1.807, 2.05) is 6.92 Å². The number of esters is 1. The Morgan fingerprint density at radius 2 is 1.95 bits per heavy atom. The van der Waals surface area contributed by atoms with E-state index in [-0.39, 0.29) is 12.0 Å². The first-order valence-corrected chi connectivity index (χ1v) is 6.25. The number of hydrogen-bond donors (Lipinski definition) is 0. The van der Waals surface area contributed by atoms with Crippen LogP contribution in [0.1, 0.15) is 16.1 Å². The van der Waals surface area contributed by atoms with Crippen LogP contribution in [0, 0.1) is 6.92 Å². The summed E-state index contributed by atoms with van der Waals surface area (Å²) in [7, 11) is 1.34. The molecule has 2 rings (SSSR count). The average molecular weight is 323 g/mol. The lowest BCUT2D eigenvalue weighted by Gasteiger charge is -2.05. The molecule has 0 amide bonds. The Bertz CT molecular complexity index is 599. The number of nitrogens with zero attached hydrogens (tertiary/aromatic N) is 2. The summed E-state index contributed by atoms with van der Waals surface area (Å²) in [5.74, 6) is 0.164. The predicted molar refractivity (Wildman–Crippen MR) is 72.3 cm³/mol. The van der Waals surface area contributed by atoms with Crippen molar-refractivity contribution in [2.75, 3.05) is 7.11 Å². The molecule has 0 fully saturated rings. The Morgan fingerprint density at radius 1 is 1.26 bits per heavy atom. The van der Waals surface area contributed by atoms with Gasteiger partial charge in [-0.05, 0) is 47.1 Å². The van der Waals surface area contributed by atoms with Crippen molar-refractivity contribution in [3.8, 4) is 11.8 Å². The Labute approximate surface area is 118 Å².